The molecule has 1 N–H and O–H groups in total. The number of nitrogens with one attached hydrogen (secondary N) is 1. The van der Waals surface area contributed by atoms with E-state index in [9.17, 15) is 4.21 Å². The van der Waals surface area contributed by atoms with Crippen molar-refractivity contribution in [2.24, 2.45) is 0 Å². The summed E-state index contributed by atoms with van der Waals surface area (Å²) in [6.07, 6.45) is 4.70. The molecule has 5 nitrogen and oxygen atoms in total. The molecule has 0 spiro atoms. The number of ether oxygens (including phenoxy) is 1. The molecule has 0 saturated carbocycles. The average molecular weight is 273 g/mol. The summed E-state index contributed by atoms with van der Waals surface area (Å²) < 4.78 is 18.7. The molecule has 1 aromatic rings. The Morgan fingerprint density at radius 3 is 3.06 bits per heavy atom. The predicted molar refractivity (Wildman–Crippen MR) is 75.4 cm³/mol. The second-order valence-electron chi connectivity index (χ2n) is 3.85. The fourth-order valence-corrected chi connectivity index (χ4v) is 2.18. The Bertz CT molecular complexity index is 355. The molecule has 1 heterocycles. The number of rotatable bonds is 10. The molecule has 0 aliphatic rings. The highest BCUT2D eigenvalue weighted by molar-refractivity contribution is 7.84. The van der Waals surface area contributed by atoms with Gasteiger partial charge in [-0.05, 0) is 13.3 Å². The highest BCUT2D eigenvalue weighted by Gasteiger charge is 2.02. The zero-order valence-electron chi connectivity index (χ0n) is 11.2. The normalized spacial score (nSPS) is 12.6. The van der Waals surface area contributed by atoms with Gasteiger partial charge >= 0.3 is 0 Å². The molecule has 1 atom stereocenters. The van der Waals surface area contributed by atoms with Crippen LogP contribution in [0.15, 0.2) is 12.4 Å². The van der Waals surface area contributed by atoms with Gasteiger partial charge in [0.15, 0.2) is 0 Å². The SMILES string of the molecule is CCOCCCn1ccnc1NCCS(=O)CC. The molecule has 0 aromatic carbocycles. The summed E-state index contributed by atoms with van der Waals surface area (Å²) in [6, 6.07) is 0. The third kappa shape index (κ3) is 5.64. The lowest BCUT2D eigenvalue weighted by molar-refractivity contribution is 0.142. The van der Waals surface area contributed by atoms with E-state index in [4.69, 9.17) is 4.74 Å². The van der Waals surface area contributed by atoms with E-state index in [0.29, 0.717) is 18.1 Å². The topological polar surface area (TPSA) is 56.1 Å². The quantitative estimate of drug-likeness (QED) is 0.656. The van der Waals surface area contributed by atoms with Crippen LogP contribution in [0.25, 0.3) is 0 Å². The van der Waals surface area contributed by atoms with Crippen molar-refractivity contribution in [3.8, 4) is 0 Å². The van der Waals surface area contributed by atoms with Crippen molar-refractivity contribution in [3.05, 3.63) is 12.4 Å². The van der Waals surface area contributed by atoms with Gasteiger partial charge in [0.1, 0.15) is 0 Å². The minimum Gasteiger partial charge on any atom is -0.382 e. The van der Waals surface area contributed by atoms with Crippen molar-refractivity contribution in [2.75, 3.05) is 36.6 Å². The molecule has 0 aliphatic carbocycles. The van der Waals surface area contributed by atoms with E-state index in [0.717, 1.165) is 32.1 Å². The average Bonchev–Trinajstić information content (AvgIpc) is 2.82. The third-order valence-corrected chi connectivity index (χ3v) is 3.85. The van der Waals surface area contributed by atoms with Gasteiger partial charge in [0.05, 0.1) is 0 Å². The fourth-order valence-electron chi connectivity index (χ4n) is 1.56. The summed E-state index contributed by atoms with van der Waals surface area (Å²) in [5.74, 6) is 2.23. The molecule has 0 saturated heterocycles. The zero-order chi connectivity index (χ0) is 13.2. The zero-order valence-corrected chi connectivity index (χ0v) is 12.0. The standard InChI is InChI=1S/C12H23N3O2S/c1-3-17-10-5-8-15-9-6-13-12(15)14-7-11-18(16)4-2/h6,9H,3-5,7-8,10-11H2,1-2H3,(H,13,14). The first-order valence-electron chi connectivity index (χ1n) is 6.45. The number of nitrogens with zero attached hydrogens (tertiary/aromatic N) is 2. The van der Waals surface area contributed by atoms with Crippen LogP contribution in [0.1, 0.15) is 20.3 Å². The number of hydrogen-bond acceptors (Lipinski definition) is 4. The summed E-state index contributed by atoms with van der Waals surface area (Å²) >= 11 is 0. The fraction of sp³-hybridized carbons (Fsp3) is 0.750. The Morgan fingerprint density at radius 1 is 1.50 bits per heavy atom. The molecular formula is C12H23N3O2S. The van der Waals surface area contributed by atoms with Crippen molar-refractivity contribution in [1.29, 1.82) is 0 Å². The number of aryl methyl sites for hydroxylation is 1. The van der Waals surface area contributed by atoms with Crippen LogP contribution >= 0.6 is 0 Å². The highest BCUT2D eigenvalue weighted by atomic mass is 32.2. The summed E-state index contributed by atoms with van der Waals surface area (Å²) in [4.78, 5) is 4.25. The van der Waals surface area contributed by atoms with E-state index >= 15 is 0 Å². The molecule has 1 aromatic heterocycles. The van der Waals surface area contributed by atoms with Crippen molar-refractivity contribution in [3.63, 3.8) is 0 Å². The molecule has 18 heavy (non-hydrogen) atoms. The van der Waals surface area contributed by atoms with Gasteiger partial charge in [-0.25, -0.2) is 4.98 Å². The molecule has 1 rings (SSSR count). The molecule has 0 fully saturated rings. The van der Waals surface area contributed by atoms with Crippen molar-refractivity contribution in [2.45, 2.75) is 26.8 Å². The molecule has 104 valence electrons. The van der Waals surface area contributed by atoms with Gasteiger partial charge in [0.25, 0.3) is 0 Å². The van der Waals surface area contributed by atoms with Gasteiger partial charge in [-0.2, -0.15) is 0 Å². The maximum Gasteiger partial charge on any atom is 0.202 e. The minimum atomic E-state index is -0.723. The third-order valence-electron chi connectivity index (χ3n) is 2.54. The Hall–Kier alpha value is -0.880. The number of imidazole rings is 1. The van der Waals surface area contributed by atoms with Gasteiger partial charge in [-0.3, -0.25) is 4.21 Å². The first-order chi connectivity index (χ1) is 8.77. The van der Waals surface area contributed by atoms with Gasteiger partial charge in [-0.15, -0.1) is 0 Å². The van der Waals surface area contributed by atoms with E-state index < -0.39 is 10.8 Å². The smallest absolute Gasteiger partial charge is 0.202 e. The van der Waals surface area contributed by atoms with Gasteiger partial charge < -0.3 is 14.6 Å². The van der Waals surface area contributed by atoms with Gasteiger partial charge in [0.2, 0.25) is 5.95 Å². The van der Waals surface area contributed by atoms with Crippen LogP contribution in [0.5, 0.6) is 0 Å². The summed E-state index contributed by atoms with van der Waals surface area (Å²) in [5.41, 5.74) is 0. The Balaban J connectivity index is 2.28. The molecule has 0 amide bonds. The number of hydrogen-bond donors (Lipinski definition) is 1. The molecule has 6 heteroatoms. The van der Waals surface area contributed by atoms with E-state index in [2.05, 4.69) is 14.9 Å². The van der Waals surface area contributed by atoms with E-state index in [1.807, 2.05) is 20.0 Å². The lowest BCUT2D eigenvalue weighted by Gasteiger charge is -2.09. The van der Waals surface area contributed by atoms with E-state index in [-0.39, 0.29) is 0 Å². The maximum atomic E-state index is 11.3. The van der Waals surface area contributed by atoms with Gasteiger partial charge in [-0.1, -0.05) is 6.92 Å². The van der Waals surface area contributed by atoms with Crippen LogP contribution < -0.4 is 5.32 Å². The van der Waals surface area contributed by atoms with Crippen LogP contribution in [-0.4, -0.2) is 45.0 Å². The summed E-state index contributed by atoms with van der Waals surface area (Å²) in [6.45, 7) is 7.05. The van der Waals surface area contributed by atoms with Crippen molar-refractivity contribution < 1.29 is 8.95 Å². The minimum absolute atomic E-state index is 0.669. The summed E-state index contributed by atoms with van der Waals surface area (Å²) in [7, 11) is -0.723. The molecule has 0 radical (unpaired) electrons. The Kier molecular flexibility index (Phi) is 7.68. The maximum absolute atomic E-state index is 11.3. The summed E-state index contributed by atoms with van der Waals surface area (Å²) in [5, 5.41) is 3.22. The van der Waals surface area contributed by atoms with Crippen LogP contribution in [-0.2, 0) is 22.1 Å². The van der Waals surface area contributed by atoms with Crippen LogP contribution in [0.2, 0.25) is 0 Å². The number of aromatic nitrogens is 2. The number of anilines is 1. The monoisotopic (exact) mass is 273 g/mol. The van der Waals surface area contributed by atoms with Crippen LogP contribution in [0, 0.1) is 0 Å². The van der Waals surface area contributed by atoms with Crippen molar-refractivity contribution in [1.82, 2.24) is 9.55 Å². The second-order valence-corrected chi connectivity index (χ2v) is 5.72. The lowest BCUT2D eigenvalue weighted by atomic mass is 10.4. The first kappa shape index (κ1) is 15.2. The molecular weight excluding hydrogens is 250 g/mol. The highest BCUT2D eigenvalue weighted by Crippen LogP contribution is 2.05. The molecule has 0 bridgehead atoms. The Labute approximate surface area is 111 Å². The van der Waals surface area contributed by atoms with E-state index in [1.165, 1.54) is 0 Å². The molecule has 0 aliphatic heterocycles. The van der Waals surface area contributed by atoms with Crippen LogP contribution in [0.3, 0.4) is 0 Å². The van der Waals surface area contributed by atoms with Gasteiger partial charge in [0, 0.05) is 61.0 Å². The lowest BCUT2D eigenvalue weighted by Crippen LogP contribution is -2.15. The van der Waals surface area contributed by atoms with Crippen molar-refractivity contribution >= 4 is 16.7 Å². The van der Waals surface area contributed by atoms with E-state index in [1.54, 1.807) is 6.20 Å². The molecule has 1 unspecified atom stereocenters. The second kappa shape index (κ2) is 9.10. The first-order valence-corrected chi connectivity index (χ1v) is 7.94. The predicted octanol–water partition coefficient (Wildman–Crippen LogP) is 1.49. The van der Waals surface area contributed by atoms with Crippen LogP contribution in [0.4, 0.5) is 5.95 Å². The Morgan fingerprint density at radius 2 is 2.33 bits per heavy atom. The largest absolute Gasteiger partial charge is 0.382 e.